The van der Waals surface area contributed by atoms with Gasteiger partial charge < -0.3 is 15.3 Å². The number of nitrogens with two attached hydrogens (primary N) is 1. The van der Waals surface area contributed by atoms with E-state index in [2.05, 4.69) is 0 Å². The van der Waals surface area contributed by atoms with E-state index in [0.717, 1.165) is 10.9 Å². The van der Waals surface area contributed by atoms with Crippen molar-refractivity contribution in [1.29, 1.82) is 0 Å². The van der Waals surface area contributed by atoms with Gasteiger partial charge in [0.25, 0.3) is 0 Å². The largest absolute Gasteiger partial charge is 0.508 e. The molecule has 0 atom stereocenters. The molecule has 2 aromatic rings. The molecule has 78 valence electrons. The van der Waals surface area contributed by atoms with Gasteiger partial charge in [0, 0.05) is 17.5 Å². The van der Waals surface area contributed by atoms with E-state index in [4.69, 9.17) is 10.2 Å². The molecule has 0 aliphatic carbocycles. The maximum absolute atomic E-state index is 11.0. The summed E-state index contributed by atoms with van der Waals surface area (Å²) in [6.07, 6.45) is 0.638. The van der Waals surface area contributed by atoms with Crippen LogP contribution in [0.1, 0.15) is 5.56 Å². The molecular weight excluding hydrogens is 194 g/mol. The van der Waals surface area contributed by atoms with E-state index in [-0.39, 0.29) is 5.75 Å². The Labute approximate surface area is 85.9 Å². The van der Waals surface area contributed by atoms with Crippen LogP contribution < -0.4 is 11.4 Å². The fraction of sp³-hybridized carbons (Fsp3) is 0.182. The minimum absolute atomic E-state index is 0.0836. The first-order valence-corrected chi connectivity index (χ1v) is 4.66. The predicted octanol–water partition coefficient (Wildman–Crippen LogP) is 1.000. The first kappa shape index (κ1) is 9.73. The monoisotopic (exact) mass is 205 g/mol. The van der Waals surface area contributed by atoms with E-state index in [1.54, 1.807) is 12.1 Å². The van der Waals surface area contributed by atoms with Crippen molar-refractivity contribution in [2.45, 2.75) is 6.42 Å². The van der Waals surface area contributed by atoms with Crippen molar-refractivity contribution < 1.29 is 9.52 Å². The highest BCUT2D eigenvalue weighted by Crippen LogP contribution is 2.23. The lowest BCUT2D eigenvalue weighted by molar-refractivity contribution is 0.472. The van der Waals surface area contributed by atoms with Crippen molar-refractivity contribution in [1.82, 2.24) is 0 Å². The van der Waals surface area contributed by atoms with Crippen LogP contribution in [0.2, 0.25) is 0 Å². The van der Waals surface area contributed by atoms with Gasteiger partial charge in [-0.15, -0.1) is 0 Å². The molecule has 0 amide bonds. The lowest BCUT2D eigenvalue weighted by Crippen LogP contribution is -2.04. The van der Waals surface area contributed by atoms with Crippen LogP contribution in [-0.4, -0.2) is 11.7 Å². The Balaban J connectivity index is 2.74. The molecule has 0 unspecified atom stereocenters. The average molecular weight is 205 g/mol. The summed E-state index contributed by atoms with van der Waals surface area (Å²) >= 11 is 0. The van der Waals surface area contributed by atoms with Crippen LogP contribution in [0.4, 0.5) is 0 Å². The van der Waals surface area contributed by atoms with Gasteiger partial charge in [-0.1, -0.05) is 0 Å². The lowest BCUT2D eigenvalue weighted by Gasteiger charge is -2.04. The number of rotatable bonds is 2. The molecule has 4 nitrogen and oxygen atoms in total. The summed E-state index contributed by atoms with van der Waals surface area (Å²) in [6, 6.07) is 6.11. The Kier molecular flexibility index (Phi) is 2.43. The summed E-state index contributed by atoms with van der Waals surface area (Å²) in [5.41, 5.74) is 6.31. The second-order valence-electron chi connectivity index (χ2n) is 3.31. The quantitative estimate of drug-likeness (QED) is 0.717. The number of hydrogen-bond acceptors (Lipinski definition) is 4. The molecule has 3 N–H and O–H groups in total. The zero-order valence-corrected chi connectivity index (χ0v) is 8.06. The van der Waals surface area contributed by atoms with Gasteiger partial charge in [0.1, 0.15) is 11.3 Å². The van der Waals surface area contributed by atoms with E-state index in [9.17, 15) is 9.90 Å². The van der Waals surface area contributed by atoms with Gasteiger partial charge in [-0.2, -0.15) is 0 Å². The number of benzene rings is 1. The van der Waals surface area contributed by atoms with Crippen LogP contribution in [0, 0.1) is 0 Å². The first-order valence-electron chi connectivity index (χ1n) is 4.66. The summed E-state index contributed by atoms with van der Waals surface area (Å²) in [5.74, 6) is 0.0836. The van der Waals surface area contributed by atoms with E-state index in [1.165, 1.54) is 12.1 Å². The minimum Gasteiger partial charge on any atom is -0.508 e. The molecule has 0 saturated carbocycles. The zero-order chi connectivity index (χ0) is 10.8. The predicted molar refractivity (Wildman–Crippen MR) is 56.9 cm³/mol. The van der Waals surface area contributed by atoms with Crippen LogP contribution in [0.25, 0.3) is 11.0 Å². The van der Waals surface area contributed by atoms with Gasteiger partial charge in [0.05, 0.1) is 0 Å². The third-order valence-corrected chi connectivity index (χ3v) is 2.22. The van der Waals surface area contributed by atoms with Gasteiger partial charge >= 0.3 is 5.63 Å². The molecule has 0 aliphatic heterocycles. The maximum atomic E-state index is 11.0. The van der Waals surface area contributed by atoms with E-state index < -0.39 is 5.63 Å². The smallest absolute Gasteiger partial charge is 0.336 e. The standard InChI is InChI=1S/C11H11NO3/c12-4-3-7-5-8(13)6-10-9(7)1-2-11(14)15-10/h1-2,5-6,13H,3-4,12H2. The summed E-state index contributed by atoms with van der Waals surface area (Å²) in [5, 5.41) is 10.2. The number of fused-ring (bicyclic) bond motifs is 1. The summed E-state index contributed by atoms with van der Waals surface area (Å²) in [7, 11) is 0. The number of hydrogen-bond donors (Lipinski definition) is 2. The molecule has 0 saturated heterocycles. The van der Waals surface area contributed by atoms with Gasteiger partial charge in [-0.05, 0) is 30.7 Å². The molecule has 0 spiro atoms. The van der Waals surface area contributed by atoms with E-state index in [1.807, 2.05) is 0 Å². The van der Waals surface area contributed by atoms with Crippen molar-refractivity contribution in [2.75, 3.05) is 6.54 Å². The van der Waals surface area contributed by atoms with Crippen molar-refractivity contribution >= 4 is 11.0 Å². The highest BCUT2D eigenvalue weighted by Gasteiger charge is 2.05. The molecule has 0 bridgehead atoms. The molecule has 4 heteroatoms. The fourth-order valence-electron chi connectivity index (χ4n) is 1.60. The SMILES string of the molecule is NCCc1cc(O)cc2oc(=O)ccc12. The lowest BCUT2D eigenvalue weighted by atomic mass is 10.1. The van der Waals surface area contributed by atoms with Crippen molar-refractivity contribution in [2.24, 2.45) is 5.73 Å². The molecule has 0 fully saturated rings. The van der Waals surface area contributed by atoms with Crippen LogP contribution in [0.5, 0.6) is 5.75 Å². The Morgan fingerprint density at radius 2 is 2.13 bits per heavy atom. The van der Waals surface area contributed by atoms with Gasteiger partial charge in [0.15, 0.2) is 0 Å². The number of phenols is 1. The summed E-state index contributed by atoms with van der Waals surface area (Å²) in [4.78, 5) is 11.0. The van der Waals surface area contributed by atoms with Crippen LogP contribution >= 0.6 is 0 Å². The van der Waals surface area contributed by atoms with Crippen molar-refractivity contribution in [3.8, 4) is 5.75 Å². The molecule has 1 aromatic heterocycles. The maximum Gasteiger partial charge on any atom is 0.336 e. The fourth-order valence-corrected chi connectivity index (χ4v) is 1.60. The third-order valence-electron chi connectivity index (χ3n) is 2.22. The first-order chi connectivity index (χ1) is 7.20. The van der Waals surface area contributed by atoms with E-state index in [0.29, 0.717) is 18.5 Å². The normalized spacial score (nSPS) is 10.7. The number of aromatic hydroxyl groups is 1. The average Bonchev–Trinajstić information content (AvgIpc) is 2.17. The number of phenolic OH excluding ortho intramolecular Hbond substituents is 1. The second-order valence-corrected chi connectivity index (χ2v) is 3.31. The highest BCUT2D eigenvalue weighted by molar-refractivity contribution is 5.81. The van der Waals surface area contributed by atoms with Gasteiger partial charge in [0.2, 0.25) is 0 Å². The van der Waals surface area contributed by atoms with Crippen molar-refractivity contribution in [3.05, 3.63) is 40.2 Å². The van der Waals surface area contributed by atoms with Crippen molar-refractivity contribution in [3.63, 3.8) is 0 Å². The molecule has 15 heavy (non-hydrogen) atoms. The topological polar surface area (TPSA) is 76.5 Å². The van der Waals surface area contributed by atoms with Gasteiger partial charge in [-0.3, -0.25) is 0 Å². The molecular formula is C11H11NO3. The van der Waals surface area contributed by atoms with Crippen LogP contribution in [-0.2, 0) is 6.42 Å². The Morgan fingerprint density at radius 1 is 1.33 bits per heavy atom. The molecule has 1 heterocycles. The zero-order valence-electron chi connectivity index (χ0n) is 8.06. The van der Waals surface area contributed by atoms with Crippen LogP contribution in [0.3, 0.4) is 0 Å². The Hall–Kier alpha value is -1.81. The molecule has 1 aromatic carbocycles. The summed E-state index contributed by atoms with van der Waals surface area (Å²) < 4.78 is 4.97. The Bertz CT molecular complexity index is 545. The molecule has 2 rings (SSSR count). The highest BCUT2D eigenvalue weighted by atomic mass is 16.4. The van der Waals surface area contributed by atoms with E-state index >= 15 is 0 Å². The molecule has 0 radical (unpaired) electrons. The minimum atomic E-state index is -0.424. The molecule has 0 aliphatic rings. The Morgan fingerprint density at radius 3 is 2.87 bits per heavy atom. The van der Waals surface area contributed by atoms with Crippen LogP contribution in [0.15, 0.2) is 33.5 Å². The second kappa shape index (κ2) is 3.74. The summed E-state index contributed by atoms with van der Waals surface area (Å²) in [6.45, 7) is 0.484. The van der Waals surface area contributed by atoms with Gasteiger partial charge in [-0.25, -0.2) is 4.79 Å². The third kappa shape index (κ3) is 1.85.